The number of nitrogens with zero attached hydrogens (tertiary/aromatic N) is 1. The van der Waals surface area contributed by atoms with E-state index in [1.54, 1.807) is 19.1 Å². The monoisotopic (exact) mass is 327 g/mol. The number of hydrogen-bond acceptors (Lipinski definition) is 4. The fourth-order valence-corrected chi connectivity index (χ4v) is 4.69. The average molecular weight is 327 g/mol. The molecule has 0 radical (unpaired) electrons. The lowest BCUT2D eigenvalue weighted by atomic mass is 9.87. The number of sulfonamides is 1. The summed E-state index contributed by atoms with van der Waals surface area (Å²) in [4.78, 5) is 0.189. The van der Waals surface area contributed by atoms with Gasteiger partial charge in [-0.05, 0) is 36.5 Å². The third-order valence-corrected chi connectivity index (χ3v) is 6.34. The lowest BCUT2D eigenvalue weighted by molar-refractivity contribution is 0.131. The fraction of sp³-hybridized carbons (Fsp3) is 0.625. The molecule has 1 aromatic rings. The summed E-state index contributed by atoms with van der Waals surface area (Å²) in [6, 6.07) is 6.82. The first kappa shape index (κ1) is 17.4. The SMILES string of the molecule is CC(C)(C)c1ccc(S(=O)(=O)N2CC(O)CC2(C)CO)cc1. The normalized spacial score (nSPS) is 27.3. The lowest BCUT2D eigenvalue weighted by Gasteiger charge is -2.32. The van der Waals surface area contributed by atoms with Crippen LogP contribution in [-0.4, -0.2) is 47.7 Å². The largest absolute Gasteiger partial charge is 0.394 e. The van der Waals surface area contributed by atoms with Crippen LogP contribution in [-0.2, 0) is 15.4 Å². The number of aliphatic hydroxyl groups is 2. The molecule has 1 saturated heterocycles. The van der Waals surface area contributed by atoms with Gasteiger partial charge in [-0.25, -0.2) is 8.42 Å². The molecular weight excluding hydrogens is 302 g/mol. The maximum Gasteiger partial charge on any atom is 0.243 e. The lowest BCUT2D eigenvalue weighted by Crippen LogP contribution is -2.47. The maximum atomic E-state index is 12.8. The van der Waals surface area contributed by atoms with Crippen molar-refractivity contribution in [3.8, 4) is 0 Å². The molecule has 0 spiro atoms. The summed E-state index contributed by atoms with van der Waals surface area (Å²) in [6.45, 7) is 7.55. The molecule has 1 aliphatic rings. The Morgan fingerprint density at radius 1 is 1.27 bits per heavy atom. The molecule has 1 fully saturated rings. The van der Waals surface area contributed by atoms with Crippen LogP contribution in [0.4, 0.5) is 0 Å². The van der Waals surface area contributed by atoms with Crippen molar-refractivity contribution in [2.45, 2.75) is 56.1 Å². The van der Waals surface area contributed by atoms with E-state index in [2.05, 4.69) is 20.8 Å². The Morgan fingerprint density at radius 3 is 2.27 bits per heavy atom. The van der Waals surface area contributed by atoms with E-state index in [1.807, 2.05) is 12.1 Å². The quantitative estimate of drug-likeness (QED) is 0.882. The Kier molecular flexibility index (Phi) is 4.43. The van der Waals surface area contributed by atoms with Crippen molar-refractivity contribution in [3.05, 3.63) is 29.8 Å². The first-order valence-electron chi connectivity index (χ1n) is 7.43. The van der Waals surface area contributed by atoms with Crippen LogP contribution in [0.2, 0.25) is 0 Å². The Morgan fingerprint density at radius 2 is 1.82 bits per heavy atom. The van der Waals surface area contributed by atoms with Crippen LogP contribution >= 0.6 is 0 Å². The van der Waals surface area contributed by atoms with Crippen molar-refractivity contribution in [2.24, 2.45) is 0 Å². The molecule has 2 unspecified atom stereocenters. The third kappa shape index (κ3) is 3.06. The number of rotatable bonds is 3. The number of benzene rings is 1. The van der Waals surface area contributed by atoms with E-state index >= 15 is 0 Å². The van der Waals surface area contributed by atoms with E-state index in [1.165, 1.54) is 4.31 Å². The molecule has 5 nitrogen and oxygen atoms in total. The van der Waals surface area contributed by atoms with Gasteiger partial charge in [0, 0.05) is 6.54 Å². The Bertz CT molecular complexity index is 633. The summed E-state index contributed by atoms with van der Waals surface area (Å²) in [5.41, 5.74) is 0.0463. The zero-order valence-corrected chi connectivity index (χ0v) is 14.4. The van der Waals surface area contributed by atoms with Gasteiger partial charge in [0.1, 0.15) is 0 Å². The third-order valence-electron chi connectivity index (χ3n) is 4.30. The Hall–Kier alpha value is -0.950. The van der Waals surface area contributed by atoms with Crippen molar-refractivity contribution in [2.75, 3.05) is 13.2 Å². The highest BCUT2D eigenvalue weighted by Crippen LogP contribution is 2.34. The molecule has 22 heavy (non-hydrogen) atoms. The average Bonchev–Trinajstić information content (AvgIpc) is 2.74. The second kappa shape index (κ2) is 5.60. The van der Waals surface area contributed by atoms with Gasteiger partial charge in [-0.1, -0.05) is 32.9 Å². The topological polar surface area (TPSA) is 77.8 Å². The zero-order valence-electron chi connectivity index (χ0n) is 13.6. The summed E-state index contributed by atoms with van der Waals surface area (Å²) in [7, 11) is -3.74. The van der Waals surface area contributed by atoms with Crippen molar-refractivity contribution in [1.82, 2.24) is 4.31 Å². The number of hydrogen-bond donors (Lipinski definition) is 2. The van der Waals surface area contributed by atoms with Crippen LogP contribution in [0.3, 0.4) is 0 Å². The molecule has 0 saturated carbocycles. The van der Waals surface area contributed by atoms with Gasteiger partial charge in [0.05, 0.1) is 23.1 Å². The molecule has 1 aromatic carbocycles. The molecular formula is C16H25NO4S. The van der Waals surface area contributed by atoms with Gasteiger partial charge >= 0.3 is 0 Å². The van der Waals surface area contributed by atoms with E-state index in [0.29, 0.717) is 0 Å². The van der Waals surface area contributed by atoms with Crippen LogP contribution in [0.1, 0.15) is 39.7 Å². The van der Waals surface area contributed by atoms with Crippen LogP contribution < -0.4 is 0 Å². The van der Waals surface area contributed by atoms with E-state index in [-0.39, 0.29) is 29.9 Å². The van der Waals surface area contributed by atoms with Gasteiger partial charge in [0.15, 0.2) is 0 Å². The van der Waals surface area contributed by atoms with Crippen molar-refractivity contribution in [3.63, 3.8) is 0 Å². The van der Waals surface area contributed by atoms with Gasteiger partial charge in [0.2, 0.25) is 10.0 Å². The highest BCUT2D eigenvalue weighted by Gasteiger charge is 2.47. The Labute approximate surface area is 132 Å². The fourth-order valence-electron chi connectivity index (χ4n) is 2.87. The Balaban J connectivity index is 2.39. The van der Waals surface area contributed by atoms with Crippen LogP contribution in [0.15, 0.2) is 29.2 Å². The van der Waals surface area contributed by atoms with Crippen LogP contribution in [0.25, 0.3) is 0 Å². The van der Waals surface area contributed by atoms with Crippen LogP contribution in [0, 0.1) is 0 Å². The second-order valence-electron chi connectivity index (χ2n) is 7.32. The summed E-state index contributed by atoms with van der Waals surface area (Å²) in [5, 5.41) is 19.4. The molecule has 2 atom stereocenters. The summed E-state index contributed by atoms with van der Waals surface area (Å²) in [6.07, 6.45) is -0.510. The van der Waals surface area contributed by atoms with E-state index in [0.717, 1.165) is 5.56 Å². The molecule has 0 aliphatic carbocycles. The maximum absolute atomic E-state index is 12.8. The highest BCUT2D eigenvalue weighted by molar-refractivity contribution is 7.89. The predicted octanol–water partition coefficient (Wildman–Crippen LogP) is 1.49. The van der Waals surface area contributed by atoms with E-state index in [9.17, 15) is 18.6 Å². The van der Waals surface area contributed by atoms with Crippen molar-refractivity contribution >= 4 is 10.0 Å². The van der Waals surface area contributed by atoms with Gasteiger partial charge in [-0.15, -0.1) is 0 Å². The van der Waals surface area contributed by atoms with Gasteiger partial charge in [-0.2, -0.15) is 4.31 Å². The van der Waals surface area contributed by atoms with Crippen molar-refractivity contribution < 1.29 is 18.6 Å². The standard InChI is InChI=1S/C16H25NO4S/c1-15(2,3)12-5-7-14(8-6-12)22(20,21)17-10-13(19)9-16(17,4)11-18/h5-8,13,18-19H,9-11H2,1-4H3. The first-order valence-corrected chi connectivity index (χ1v) is 8.87. The number of aliphatic hydroxyl groups excluding tert-OH is 2. The zero-order chi connectivity index (χ0) is 16.8. The second-order valence-corrected chi connectivity index (χ2v) is 9.19. The highest BCUT2D eigenvalue weighted by atomic mass is 32.2. The molecule has 1 aliphatic heterocycles. The van der Waals surface area contributed by atoms with E-state index in [4.69, 9.17) is 0 Å². The summed E-state index contributed by atoms with van der Waals surface area (Å²) in [5.74, 6) is 0. The van der Waals surface area contributed by atoms with Crippen LogP contribution in [0.5, 0.6) is 0 Å². The molecule has 124 valence electrons. The van der Waals surface area contributed by atoms with Gasteiger partial charge < -0.3 is 10.2 Å². The molecule has 2 N–H and O–H groups in total. The minimum absolute atomic E-state index is 0.0143. The predicted molar refractivity (Wildman–Crippen MR) is 85.1 cm³/mol. The van der Waals surface area contributed by atoms with E-state index < -0.39 is 21.7 Å². The smallest absolute Gasteiger partial charge is 0.243 e. The molecule has 6 heteroatoms. The number of β-amino-alcohol motifs (C(OH)–C–C–N with tert-alkyl or cyclic N) is 1. The van der Waals surface area contributed by atoms with Gasteiger partial charge in [-0.3, -0.25) is 0 Å². The molecule has 0 aromatic heterocycles. The van der Waals surface area contributed by atoms with Gasteiger partial charge in [0.25, 0.3) is 0 Å². The molecule has 0 amide bonds. The van der Waals surface area contributed by atoms with Crippen molar-refractivity contribution in [1.29, 1.82) is 0 Å². The first-order chi connectivity index (χ1) is 10.0. The minimum Gasteiger partial charge on any atom is -0.394 e. The summed E-state index contributed by atoms with van der Waals surface area (Å²) < 4.78 is 26.9. The summed E-state index contributed by atoms with van der Waals surface area (Å²) >= 11 is 0. The molecule has 1 heterocycles. The molecule has 0 bridgehead atoms. The molecule has 2 rings (SSSR count). The minimum atomic E-state index is -3.74.